The maximum Gasteiger partial charge on any atom is 0.241 e. The third kappa shape index (κ3) is 2.59. The minimum atomic E-state index is -2.06. The van der Waals surface area contributed by atoms with Crippen LogP contribution in [0.15, 0.2) is 77.3 Å². The van der Waals surface area contributed by atoms with Crippen molar-refractivity contribution in [3.05, 3.63) is 99.5 Å². The standard InChI is InChI=1S/C27H18BrNO5/c1-14-11-12-19(18(28)13-14)29-25(32)20-21(26(29)33)27(34-22(20)15-7-3-2-4-8-15)23(30)16-9-5-6-10-17(16)24(27)31/h2-13,20-22H,1H3/t20-,21-,22-/m0/s1. The van der Waals surface area contributed by atoms with Crippen molar-refractivity contribution in [2.24, 2.45) is 11.8 Å². The molecule has 6 nitrogen and oxygen atoms in total. The number of ether oxygens (including phenoxy) is 1. The number of aryl methyl sites for hydroxylation is 1. The van der Waals surface area contributed by atoms with Crippen molar-refractivity contribution in [2.75, 3.05) is 4.90 Å². The molecule has 0 unspecified atom stereocenters. The van der Waals surface area contributed by atoms with Crippen molar-refractivity contribution >= 4 is 45.0 Å². The summed E-state index contributed by atoms with van der Waals surface area (Å²) >= 11 is 3.46. The van der Waals surface area contributed by atoms with Gasteiger partial charge in [-0.1, -0.05) is 60.7 Å². The summed E-state index contributed by atoms with van der Waals surface area (Å²) in [4.78, 5) is 56.3. The molecule has 2 heterocycles. The van der Waals surface area contributed by atoms with Gasteiger partial charge in [-0.2, -0.15) is 0 Å². The normalized spacial score (nSPS) is 24.8. The lowest BCUT2D eigenvalue weighted by molar-refractivity contribution is -0.127. The van der Waals surface area contributed by atoms with Crippen LogP contribution in [0.3, 0.4) is 0 Å². The van der Waals surface area contributed by atoms with Gasteiger partial charge in [0.2, 0.25) is 29.0 Å². The summed E-state index contributed by atoms with van der Waals surface area (Å²) in [7, 11) is 0. The number of Topliss-reactive ketones (excluding diaryl/α,β-unsaturated/α-hetero) is 2. The zero-order valence-corrected chi connectivity index (χ0v) is 19.6. The number of hydrogen-bond donors (Lipinski definition) is 0. The van der Waals surface area contributed by atoms with Gasteiger partial charge >= 0.3 is 0 Å². The van der Waals surface area contributed by atoms with Crippen LogP contribution < -0.4 is 4.90 Å². The van der Waals surface area contributed by atoms with E-state index in [0.717, 1.165) is 10.5 Å². The fourth-order valence-corrected chi connectivity index (χ4v) is 6.16. The average Bonchev–Trinajstić information content (AvgIpc) is 3.40. The lowest BCUT2D eigenvalue weighted by Gasteiger charge is -2.27. The molecule has 2 aliphatic heterocycles. The van der Waals surface area contributed by atoms with Gasteiger partial charge in [-0.15, -0.1) is 0 Å². The summed E-state index contributed by atoms with van der Waals surface area (Å²) < 4.78 is 6.84. The summed E-state index contributed by atoms with van der Waals surface area (Å²) in [5.41, 5.74) is 0.344. The molecule has 0 saturated carbocycles. The van der Waals surface area contributed by atoms with Crippen molar-refractivity contribution in [1.82, 2.24) is 0 Å². The fraction of sp³-hybridized carbons (Fsp3) is 0.185. The first-order valence-corrected chi connectivity index (χ1v) is 11.7. The smallest absolute Gasteiger partial charge is 0.241 e. The van der Waals surface area contributed by atoms with Crippen LogP contribution in [-0.2, 0) is 14.3 Å². The molecule has 168 valence electrons. The second kappa shape index (κ2) is 7.29. The Kier molecular flexibility index (Phi) is 4.53. The molecule has 1 aliphatic carbocycles. The molecule has 0 aromatic heterocycles. The molecule has 0 bridgehead atoms. The van der Waals surface area contributed by atoms with Crippen LogP contribution >= 0.6 is 15.9 Å². The van der Waals surface area contributed by atoms with Crippen molar-refractivity contribution < 1.29 is 23.9 Å². The topological polar surface area (TPSA) is 80.8 Å². The molecular weight excluding hydrogens is 498 g/mol. The number of rotatable bonds is 2. The Morgan fingerprint density at radius 2 is 1.44 bits per heavy atom. The number of imide groups is 1. The lowest BCUT2D eigenvalue weighted by Crippen LogP contribution is -2.51. The predicted octanol–water partition coefficient (Wildman–Crippen LogP) is 4.45. The molecule has 0 N–H and O–H groups in total. The number of benzene rings is 3. The molecular formula is C27H18BrNO5. The molecule has 6 rings (SSSR count). The Morgan fingerprint density at radius 1 is 0.824 bits per heavy atom. The third-order valence-corrected chi connectivity index (χ3v) is 7.63. The number of nitrogens with zero attached hydrogens (tertiary/aromatic N) is 1. The third-order valence-electron chi connectivity index (χ3n) is 6.99. The SMILES string of the molecule is Cc1ccc(N2C(=O)[C@H]3[C@@H](C2=O)C2(O[C@H]3c3ccccc3)C(=O)c3ccccc3C2=O)c(Br)c1. The molecule has 3 atom stereocenters. The van der Waals surface area contributed by atoms with Gasteiger partial charge in [-0.05, 0) is 46.1 Å². The van der Waals surface area contributed by atoms with Crippen molar-refractivity contribution in [2.45, 2.75) is 18.6 Å². The maximum absolute atomic E-state index is 13.9. The van der Waals surface area contributed by atoms with Gasteiger partial charge < -0.3 is 4.74 Å². The molecule has 2 fully saturated rings. The van der Waals surface area contributed by atoms with E-state index in [-0.39, 0.29) is 11.1 Å². The molecule has 7 heteroatoms. The van der Waals surface area contributed by atoms with E-state index in [9.17, 15) is 19.2 Å². The number of fused-ring (bicyclic) bond motifs is 3. The van der Waals surface area contributed by atoms with E-state index in [4.69, 9.17) is 4.74 Å². The maximum atomic E-state index is 13.9. The number of anilines is 1. The molecule has 2 saturated heterocycles. The summed E-state index contributed by atoms with van der Waals surface area (Å²) in [6, 6.07) is 20.7. The van der Waals surface area contributed by atoms with Gasteiger partial charge in [0.1, 0.15) is 0 Å². The molecule has 0 radical (unpaired) electrons. The number of amides is 2. The first-order chi connectivity index (χ1) is 16.4. The highest BCUT2D eigenvalue weighted by molar-refractivity contribution is 9.10. The second-order valence-electron chi connectivity index (χ2n) is 8.86. The predicted molar refractivity (Wildman–Crippen MR) is 126 cm³/mol. The Bertz CT molecular complexity index is 1380. The van der Waals surface area contributed by atoms with Crippen molar-refractivity contribution in [1.29, 1.82) is 0 Å². The number of carbonyl (C=O) groups excluding carboxylic acids is 4. The summed E-state index contributed by atoms with van der Waals surface area (Å²) in [5, 5.41) is 0. The minimum Gasteiger partial charge on any atom is -0.349 e. The van der Waals surface area contributed by atoms with Gasteiger partial charge in [0, 0.05) is 15.6 Å². The van der Waals surface area contributed by atoms with Crippen molar-refractivity contribution in [3.63, 3.8) is 0 Å². The summed E-state index contributed by atoms with van der Waals surface area (Å²) in [5.74, 6) is -4.48. The van der Waals surface area contributed by atoms with E-state index in [1.807, 2.05) is 19.1 Å². The Hall–Kier alpha value is -3.42. The van der Waals surface area contributed by atoms with Crippen LogP contribution in [0.1, 0.15) is 37.9 Å². The van der Waals surface area contributed by atoms with Gasteiger partial charge in [-0.25, -0.2) is 4.90 Å². The highest BCUT2D eigenvalue weighted by Crippen LogP contribution is 2.58. The first kappa shape index (κ1) is 21.1. The zero-order chi connectivity index (χ0) is 23.8. The minimum absolute atomic E-state index is 0.218. The van der Waals surface area contributed by atoms with E-state index in [1.165, 1.54) is 0 Å². The van der Waals surface area contributed by atoms with E-state index in [0.29, 0.717) is 15.7 Å². The zero-order valence-electron chi connectivity index (χ0n) is 18.0. The second-order valence-corrected chi connectivity index (χ2v) is 9.71. The molecule has 3 aromatic carbocycles. The molecule has 1 spiro atoms. The average molecular weight is 516 g/mol. The fourth-order valence-electron chi connectivity index (χ4n) is 5.49. The highest BCUT2D eigenvalue weighted by Gasteiger charge is 2.74. The Labute approximate surface area is 203 Å². The quantitative estimate of drug-likeness (QED) is 0.372. The Morgan fingerprint density at radius 3 is 2.06 bits per heavy atom. The van der Waals surface area contributed by atoms with Gasteiger partial charge in [-0.3, -0.25) is 19.2 Å². The van der Waals surface area contributed by atoms with Crippen LogP contribution in [0.5, 0.6) is 0 Å². The number of carbonyl (C=O) groups is 4. The molecule has 3 aliphatic rings. The number of ketones is 2. The highest BCUT2D eigenvalue weighted by atomic mass is 79.9. The van der Waals surface area contributed by atoms with Crippen LogP contribution in [0.4, 0.5) is 5.69 Å². The lowest BCUT2D eigenvalue weighted by atomic mass is 9.77. The monoisotopic (exact) mass is 515 g/mol. The van der Waals surface area contributed by atoms with Gasteiger partial charge in [0.15, 0.2) is 0 Å². The van der Waals surface area contributed by atoms with Crippen LogP contribution in [0.25, 0.3) is 0 Å². The van der Waals surface area contributed by atoms with Gasteiger partial charge in [0.05, 0.1) is 23.6 Å². The van der Waals surface area contributed by atoms with E-state index in [2.05, 4.69) is 15.9 Å². The Balaban J connectivity index is 1.56. The van der Waals surface area contributed by atoms with Crippen LogP contribution in [0, 0.1) is 18.8 Å². The molecule has 34 heavy (non-hydrogen) atoms. The van der Waals surface area contributed by atoms with Crippen LogP contribution in [0.2, 0.25) is 0 Å². The molecule has 3 aromatic rings. The largest absolute Gasteiger partial charge is 0.349 e. The van der Waals surface area contributed by atoms with Gasteiger partial charge in [0.25, 0.3) is 0 Å². The summed E-state index contributed by atoms with van der Waals surface area (Å²) in [6.07, 6.45) is -0.918. The van der Waals surface area contributed by atoms with E-state index >= 15 is 0 Å². The first-order valence-electron chi connectivity index (χ1n) is 10.9. The van der Waals surface area contributed by atoms with Crippen LogP contribution in [-0.4, -0.2) is 29.0 Å². The number of halogens is 1. The van der Waals surface area contributed by atoms with E-state index in [1.54, 1.807) is 60.7 Å². The molecule has 2 amide bonds. The van der Waals surface area contributed by atoms with E-state index < -0.39 is 46.9 Å². The summed E-state index contributed by atoms with van der Waals surface area (Å²) in [6.45, 7) is 1.90. The van der Waals surface area contributed by atoms with Crippen molar-refractivity contribution in [3.8, 4) is 0 Å². The number of hydrogen-bond acceptors (Lipinski definition) is 5.